The third-order valence-corrected chi connectivity index (χ3v) is 7.30. The van der Waals surface area contributed by atoms with Crippen molar-refractivity contribution in [3.05, 3.63) is 64.7 Å². The van der Waals surface area contributed by atoms with Gasteiger partial charge in [0.15, 0.2) is 0 Å². The first-order valence-electron chi connectivity index (χ1n) is 10.6. The van der Waals surface area contributed by atoms with Crippen LogP contribution in [0.2, 0.25) is 0 Å². The highest BCUT2D eigenvalue weighted by atomic mass is 32.2. The van der Waals surface area contributed by atoms with Crippen molar-refractivity contribution >= 4 is 15.9 Å². The Morgan fingerprint density at radius 1 is 1.07 bits per heavy atom. The van der Waals surface area contributed by atoms with Crippen molar-refractivity contribution in [2.45, 2.75) is 64.8 Å². The lowest BCUT2D eigenvalue weighted by atomic mass is 10.1. The maximum Gasteiger partial charge on any atom is 0.244 e. The van der Waals surface area contributed by atoms with E-state index in [0.717, 1.165) is 24.0 Å². The zero-order valence-electron chi connectivity index (χ0n) is 18.7. The van der Waals surface area contributed by atoms with Gasteiger partial charge in [0.25, 0.3) is 0 Å². The van der Waals surface area contributed by atoms with Gasteiger partial charge >= 0.3 is 0 Å². The van der Waals surface area contributed by atoms with Crippen LogP contribution < -0.4 is 5.32 Å². The summed E-state index contributed by atoms with van der Waals surface area (Å²) in [4.78, 5) is 12.9. The monoisotopic (exact) mass is 430 g/mol. The highest BCUT2D eigenvalue weighted by Gasteiger charge is 2.29. The molecule has 0 radical (unpaired) electrons. The number of nitrogens with one attached hydrogen (secondary N) is 1. The molecule has 0 unspecified atom stereocenters. The third-order valence-electron chi connectivity index (χ3n) is 5.14. The summed E-state index contributed by atoms with van der Waals surface area (Å²) in [5.74, 6) is -0.269. The fraction of sp³-hybridized carbons (Fsp3) is 0.458. The Morgan fingerprint density at radius 2 is 1.67 bits per heavy atom. The average molecular weight is 431 g/mol. The van der Waals surface area contributed by atoms with Crippen LogP contribution in [0.15, 0.2) is 47.4 Å². The summed E-state index contributed by atoms with van der Waals surface area (Å²) in [7, 11) is -3.82. The highest BCUT2D eigenvalue weighted by Crippen LogP contribution is 2.25. The van der Waals surface area contributed by atoms with Crippen LogP contribution in [0.3, 0.4) is 0 Å². The van der Waals surface area contributed by atoms with Crippen LogP contribution in [0.5, 0.6) is 0 Å². The molecular weight excluding hydrogens is 396 g/mol. The van der Waals surface area contributed by atoms with Crippen LogP contribution in [-0.4, -0.2) is 37.8 Å². The summed E-state index contributed by atoms with van der Waals surface area (Å²) >= 11 is 0. The summed E-state index contributed by atoms with van der Waals surface area (Å²) in [6.45, 7) is 9.63. The largest absolute Gasteiger partial charge is 0.353 e. The van der Waals surface area contributed by atoms with Crippen LogP contribution in [0.1, 0.15) is 48.9 Å². The van der Waals surface area contributed by atoms with Crippen molar-refractivity contribution in [2.24, 2.45) is 0 Å². The van der Waals surface area contributed by atoms with Crippen molar-refractivity contribution in [2.75, 3.05) is 13.1 Å². The van der Waals surface area contributed by atoms with Gasteiger partial charge in [-0.15, -0.1) is 0 Å². The second kappa shape index (κ2) is 10.7. The Morgan fingerprint density at radius 3 is 2.23 bits per heavy atom. The number of sulfonamides is 1. The first-order chi connectivity index (χ1) is 14.1. The molecule has 0 saturated carbocycles. The predicted molar refractivity (Wildman–Crippen MR) is 122 cm³/mol. The highest BCUT2D eigenvalue weighted by molar-refractivity contribution is 7.89. The first-order valence-corrected chi connectivity index (χ1v) is 12.0. The molecule has 0 bridgehead atoms. The van der Waals surface area contributed by atoms with E-state index in [1.165, 1.54) is 4.31 Å². The van der Waals surface area contributed by atoms with E-state index in [0.29, 0.717) is 22.4 Å². The molecule has 0 aliphatic carbocycles. The summed E-state index contributed by atoms with van der Waals surface area (Å²) in [6, 6.07) is 13.5. The second-order valence-electron chi connectivity index (χ2n) is 8.06. The van der Waals surface area contributed by atoms with Crippen molar-refractivity contribution < 1.29 is 13.2 Å². The van der Waals surface area contributed by atoms with Crippen LogP contribution in [0, 0.1) is 20.8 Å². The number of hydrogen-bond donors (Lipinski definition) is 1. The number of carbonyl (C=O) groups excluding carboxylic acids is 1. The number of amides is 1. The van der Waals surface area contributed by atoms with E-state index in [4.69, 9.17) is 0 Å². The summed E-state index contributed by atoms with van der Waals surface area (Å²) in [6.07, 6.45) is 2.36. The first kappa shape index (κ1) is 24.1. The van der Waals surface area contributed by atoms with Gasteiger partial charge in [-0.25, -0.2) is 8.42 Å². The molecule has 0 saturated heterocycles. The van der Waals surface area contributed by atoms with Gasteiger partial charge in [0.05, 0.1) is 11.4 Å². The van der Waals surface area contributed by atoms with Crippen LogP contribution >= 0.6 is 0 Å². The summed E-state index contributed by atoms with van der Waals surface area (Å²) < 4.78 is 28.5. The lowest BCUT2D eigenvalue weighted by Gasteiger charge is -2.25. The Kier molecular flexibility index (Phi) is 8.62. The Hall–Kier alpha value is -2.18. The third kappa shape index (κ3) is 6.41. The number of nitrogens with zero attached hydrogens (tertiary/aromatic N) is 1. The van der Waals surface area contributed by atoms with Crippen molar-refractivity contribution in [3.63, 3.8) is 0 Å². The quantitative estimate of drug-likeness (QED) is 0.616. The molecule has 1 amide bonds. The summed E-state index contributed by atoms with van der Waals surface area (Å²) in [5, 5.41) is 2.93. The molecule has 6 heteroatoms. The van der Waals surface area contributed by atoms with E-state index < -0.39 is 10.0 Å². The molecule has 1 N–H and O–H groups in total. The molecule has 164 valence electrons. The van der Waals surface area contributed by atoms with Gasteiger partial charge in [0.2, 0.25) is 15.9 Å². The maximum atomic E-state index is 13.6. The molecule has 30 heavy (non-hydrogen) atoms. The smallest absolute Gasteiger partial charge is 0.244 e. The zero-order valence-corrected chi connectivity index (χ0v) is 19.6. The van der Waals surface area contributed by atoms with E-state index in [2.05, 4.69) is 12.2 Å². The van der Waals surface area contributed by atoms with Gasteiger partial charge in [-0.3, -0.25) is 4.79 Å². The van der Waals surface area contributed by atoms with Gasteiger partial charge in [-0.2, -0.15) is 4.31 Å². The summed E-state index contributed by atoms with van der Waals surface area (Å²) in [5.41, 5.74) is 3.47. The van der Waals surface area contributed by atoms with Crippen molar-refractivity contribution in [1.82, 2.24) is 9.62 Å². The predicted octanol–water partition coefficient (Wildman–Crippen LogP) is 4.15. The zero-order chi connectivity index (χ0) is 22.3. The van der Waals surface area contributed by atoms with Gasteiger partial charge in [-0.05, 0) is 57.2 Å². The lowest BCUT2D eigenvalue weighted by molar-refractivity contribution is -0.121. The molecular formula is C24H34N2O3S. The maximum absolute atomic E-state index is 13.6. The molecule has 0 aliphatic heterocycles. The Balaban J connectivity index is 2.32. The Labute approximate surface area is 181 Å². The molecule has 0 heterocycles. The van der Waals surface area contributed by atoms with Gasteiger partial charge in [0.1, 0.15) is 0 Å². The molecule has 2 aromatic carbocycles. The minimum atomic E-state index is -3.82. The molecule has 0 aliphatic rings. The average Bonchev–Trinajstić information content (AvgIpc) is 2.64. The molecule has 2 aromatic rings. The van der Waals surface area contributed by atoms with Gasteiger partial charge in [-0.1, -0.05) is 61.4 Å². The molecule has 0 fully saturated rings. The van der Waals surface area contributed by atoms with Crippen molar-refractivity contribution in [1.29, 1.82) is 0 Å². The van der Waals surface area contributed by atoms with Crippen molar-refractivity contribution in [3.8, 4) is 0 Å². The minimum absolute atomic E-state index is 0.0176. The molecule has 0 spiro atoms. The van der Waals surface area contributed by atoms with Crippen LogP contribution in [0.4, 0.5) is 0 Å². The van der Waals surface area contributed by atoms with E-state index >= 15 is 0 Å². The number of rotatable bonds is 10. The van der Waals surface area contributed by atoms with E-state index in [1.807, 2.05) is 70.2 Å². The fourth-order valence-corrected chi connectivity index (χ4v) is 5.68. The number of benzene rings is 2. The number of hydrogen-bond acceptors (Lipinski definition) is 3. The normalized spacial score (nSPS) is 12.7. The van der Waals surface area contributed by atoms with E-state index in [-0.39, 0.29) is 25.0 Å². The van der Waals surface area contributed by atoms with Gasteiger partial charge in [0, 0.05) is 12.6 Å². The number of aryl methyl sites for hydroxylation is 3. The van der Waals surface area contributed by atoms with Crippen LogP contribution in [0.25, 0.3) is 0 Å². The SMILES string of the molecule is CCC[C@H](C)NC(=O)CN(CCc1ccccc1)S(=O)(=O)c1c(C)cc(C)cc1C. The Bertz CT molecular complexity index is 933. The molecule has 2 rings (SSSR count). The fourth-order valence-electron chi connectivity index (χ4n) is 3.87. The topological polar surface area (TPSA) is 66.5 Å². The lowest BCUT2D eigenvalue weighted by Crippen LogP contribution is -2.44. The standard InChI is InChI=1S/C24H34N2O3S/c1-6-10-21(5)25-23(27)17-26(14-13-22-11-8-7-9-12-22)30(28,29)24-19(3)15-18(2)16-20(24)4/h7-9,11-12,15-16,21H,6,10,13-14,17H2,1-5H3,(H,25,27)/t21-/m0/s1. The molecule has 1 atom stereocenters. The number of carbonyl (C=O) groups is 1. The minimum Gasteiger partial charge on any atom is -0.353 e. The van der Waals surface area contributed by atoms with E-state index in [9.17, 15) is 13.2 Å². The molecule has 0 aromatic heterocycles. The van der Waals surface area contributed by atoms with Gasteiger partial charge < -0.3 is 5.32 Å². The second-order valence-corrected chi connectivity index (χ2v) is 9.93. The van der Waals surface area contributed by atoms with E-state index in [1.54, 1.807) is 0 Å². The molecule has 5 nitrogen and oxygen atoms in total. The van der Waals surface area contributed by atoms with Crippen LogP contribution in [-0.2, 0) is 21.2 Å².